The number of carbonyl (C=O) groups is 1. The average Bonchev–Trinajstić information content (AvgIpc) is 3.27. The standard InChI is InChI=1S/C30H25ClN4OS2/c1-19-13-14-22-23(17-32)30(38-26(22)16-19)35-29(36)27(20-8-3-2-4-9-20)37-25-12-6-5-11-24(25)34-18-21-10-7-15-33-28(21)31/h2-12,15,18-19,27H,13-14,16H2,1H3,(H,35,36)/t19-,27-/m0/s1. The van der Waals surface area contributed by atoms with E-state index in [9.17, 15) is 10.1 Å². The number of nitrogens with zero attached hydrogens (tertiary/aromatic N) is 3. The number of pyridine rings is 1. The van der Waals surface area contributed by atoms with Gasteiger partial charge in [0.2, 0.25) is 5.91 Å². The largest absolute Gasteiger partial charge is 0.315 e. The fourth-order valence-corrected chi connectivity index (χ4v) is 7.10. The van der Waals surface area contributed by atoms with Crippen molar-refractivity contribution in [1.82, 2.24) is 4.98 Å². The number of aliphatic imine (C=N–C) groups is 1. The van der Waals surface area contributed by atoms with Crippen LogP contribution >= 0.6 is 34.7 Å². The molecule has 38 heavy (non-hydrogen) atoms. The third-order valence-corrected chi connectivity index (χ3v) is 9.25. The highest BCUT2D eigenvalue weighted by Crippen LogP contribution is 2.43. The normalized spacial score (nSPS) is 15.6. The number of halogens is 1. The van der Waals surface area contributed by atoms with Gasteiger partial charge in [0, 0.05) is 27.7 Å². The Bertz CT molecular complexity index is 1530. The Morgan fingerprint density at radius 3 is 2.79 bits per heavy atom. The number of fused-ring (bicyclic) bond motifs is 1. The Hall–Kier alpha value is -3.44. The number of thioether (sulfide) groups is 1. The molecule has 2 aromatic heterocycles. The molecule has 190 valence electrons. The Balaban J connectivity index is 1.45. The summed E-state index contributed by atoms with van der Waals surface area (Å²) in [6, 6.07) is 23.4. The highest BCUT2D eigenvalue weighted by Gasteiger charge is 2.28. The molecule has 1 aliphatic carbocycles. The van der Waals surface area contributed by atoms with Crippen molar-refractivity contribution in [2.75, 3.05) is 5.32 Å². The smallest absolute Gasteiger partial charge is 0.243 e. The van der Waals surface area contributed by atoms with Gasteiger partial charge in [0.15, 0.2) is 0 Å². The van der Waals surface area contributed by atoms with E-state index in [1.54, 1.807) is 23.7 Å². The second kappa shape index (κ2) is 12.0. The number of thiophene rings is 1. The van der Waals surface area contributed by atoms with E-state index in [2.05, 4.69) is 28.3 Å². The van der Waals surface area contributed by atoms with E-state index in [1.165, 1.54) is 16.6 Å². The molecular formula is C30H25ClN4OS2. The Morgan fingerprint density at radius 1 is 1.21 bits per heavy atom. The molecule has 0 radical (unpaired) electrons. The lowest BCUT2D eigenvalue weighted by Gasteiger charge is -2.18. The van der Waals surface area contributed by atoms with Crippen molar-refractivity contribution < 1.29 is 4.79 Å². The molecule has 0 unspecified atom stereocenters. The number of aromatic nitrogens is 1. The van der Waals surface area contributed by atoms with Gasteiger partial charge in [0.05, 0.1) is 11.3 Å². The first-order chi connectivity index (χ1) is 18.5. The fraction of sp³-hybridized carbons (Fsp3) is 0.200. The minimum atomic E-state index is -0.542. The van der Waals surface area contributed by atoms with E-state index in [4.69, 9.17) is 11.6 Å². The van der Waals surface area contributed by atoms with Crippen LogP contribution in [0.4, 0.5) is 10.7 Å². The first-order valence-corrected chi connectivity index (χ1v) is 14.4. The fourth-order valence-electron chi connectivity index (χ4n) is 4.46. The van der Waals surface area contributed by atoms with Crippen LogP contribution in [0.25, 0.3) is 0 Å². The minimum absolute atomic E-state index is 0.168. The monoisotopic (exact) mass is 556 g/mol. The van der Waals surface area contributed by atoms with Crippen molar-refractivity contribution in [3.8, 4) is 6.07 Å². The van der Waals surface area contributed by atoms with Gasteiger partial charge < -0.3 is 5.32 Å². The lowest BCUT2D eigenvalue weighted by Crippen LogP contribution is -2.19. The zero-order valence-corrected chi connectivity index (χ0v) is 23.1. The van der Waals surface area contributed by atoms with Gasteiger partial charge in [-0.05, 0) is 60.6 Å². The number of anilines is 1. The molecule has 8 heteroatoms. The summed E-state index contributed by atoms with van der Waals surface area (Å²) >= 11 is 9.17. The molecule has 2 heterocycles. The van der Waals surface area contributed by atoms with Crippen LogP contribution in [0.3, 0.4) is 0 Å². The van der Waals surface area contributed by atoms with Crippen LogP contribution in [0.2, 0.25) is 5.15 Å². The van der Waals surface area contributed by atoms with Crippen LogP contribution in [-0.2, 0) is 17.6 Å². The predicted octanol–water partition coefficient (Wildman–Crippen LogP) is 8.02. The third-order valence-electron chi connectivity index (χ3n) is 6.44. The highest BCUT2D eigenvalue weighted by molar-refractivity contribution is 8.00. The van der Waals surface area contributed by atoms with E-state index in [0.717, 1.165) is 41.0 Å². The number of amides is 1. The summed E-state index contributed by atoms with van der Waals surface area (Å²) in [5, 5.41) is 13.5. The third kappa shape index (κ3) is 5.83. The summed E-state index contributed by atoms with van der Waals surface area (Å²) in [7, 11) is 0. The molecule has 0 spiro atoms. The number of nitriles is 1. The summed E-state index contributed by atoms with van der Waals surface area (Å²) in [5.41, 5.74) is 4.03. The molecule has 0 bridgehead atoms. The van der Waals surface area contributed by atoms with E-state index in [1.807, 2.05) is 66.7 Å². The first kappa shape index (κ1) is 26.2. The molecule has 0 aliphatic heterocycles. The van der Waals surface area contributed by atoms with Crippen LogP contribution in [0.1, 0.15) is 45.7 Å². The highest BCUT2D eigenvalue weighted by atomic mass is 35.5. The summed E-state index contributed by atoms with van der Waals surface area (Å²) in [4.78, 5) is 24.6. The van der Waals surface area contributed by atoms with Crippen molar-refractivity contribution in [1.29, 1.82) is 5.26 Å². The maximum atomic E-state index is 13.8. The van der Waals surface area contributed by atoms with Gasteiger partial charge in [0.1, 0.15) is 21.5 Å². The first-order valence-electron chi connectivity index (χ1n) is 12.3. The van der Waals surface area contributed by atoms with Gasteiger partial charge in [-0.25, -0.2) is 4.98 Å². The van der Waals surface area contributed by atoms with Crippen LogP contribution in [0.5, 0.6) is 0 Å². The topological polar surface area (TPSA) is 78.1 Å². The summed E-state index contributed by atoms with van der Waals surface area (Å²) in [6.45, 7) is 2.23. The number of hydrogen-bond acceptors (Lipinski definition) is 6. The molecule has 5 rings (SSSR count). The zero-order chi connectivity index (χ0) is 26.5. The minimum Gasteiger partial charge on any atom is -0.315 e. The Kier molecular flexibility index (Phi) is 8.23. The van der Waals surface area contributed by atoms with Gasteiger partial charge in [-0.3, -0.25) is 9.79 Å². The predicted molar refractivity (Wildman–Crippen MR) is 157 cm³/mol. The molecule has 5 nitrogen and oxygen atoms in total. The number of rotatable bonds is 7. The van der Waals surface area contributed by atoms with Crippen molar-refractivity contribution in [2.24, 2.45) is 10.9 Å². The summed E-state index contributed by atoms with van der Waals surface area (Å²) in [5.74, 6) is 0.418. The maximum absolute atomic E-state index is 13.8. The number of benzene rings is 2. The number of para-hydroxylation sites is 1. The molecule has 4 aromatic rings. The van der Waals surface area contributed by atoms with Crippen molar-refractivity contribution in [2.45, 2.75) is 36.3 Å². The molecular weight excluding hydrogens is 532 g/mol. The van der Waals surface area contributed by atoms with Gasteiger partial charge >= 0.3 is 0 Å². The van der Waals surface area contributed by atoms with E-state index < -0.39 is 5.25 Å². The summed E-state index contributed by atoms with van der Waals surface area (Å²) in [6.07, 6.45) is 6.22. The van der Waals surface area contributed by atoms with Crippen LogP contribution in [0.15, 0.2) is 82.8 Å². The van der Waals surface area contributed by atoms with Crippen molar-refractivity contribution in [3.63, 3.8) is 0 Å². The van der Waals surface area contributed by atoms with E-state index in [-0.39, 0.29) is 5.91 Å². The average molecular weight is 557 g/mol. The van der Waals surface area contributed by atoms with Crippen LogP contribution < -0.4 is 5.32 Å². The molecule has 2 atom stereocenters. The second-order valence-electron chi connectivity index (χ2n) is 9.17. The van der Waals surface area contributed by atoms with Crippen LogP contribution in [-0.4, -0.2) is 17.1 Å². The molecule has 0 saturated carbocycles. The SMILES string of the molecule is C[C@H]1CCc2c(sc(NC(=O)[C@@H](Sc3ccccc3N=Cc3cccnc3Cl)c3ccccc3)c2C#N)C1. The molecule has 0 fully saturated rings. The Labute approximate surface area is 235 Å². The molecule has 1 N–H and O–H groups in total. The zero-order valence-electron chi connectivity index (χ0n) is 20.7. The van der Waals surface area contributed by atoms with Crippen LogP contribution in [0, 0.1) is 17.2 Å². The van der Waals surface area contributed by atoms with Crippen molar-refractivity contribution >= 4 is 57.5 Å². The van der Waals surface area contributed by atoms with E-state index in [0.29, 0.717) is 27.2 Å². The van der Waals surface area contributed by atoms with Crippen molar-refractivity contribution in [3.05, 3.63) is 105 Å². The molecule has 0 saturated heterocycles. The van der Waals surface area contributed by atoms with Gasteiger partial charge in [-0.15, -0.1) is 23.1 Å². The number of nitrogens with one attached hydrogen (secondary N) is 1. The Morgan fingerprint density at radius 2 is 2.00 bits per heavy atom. The quantitative estimate of drug-likeness (QED) is 0.142. The second-order valence-corrected chi connectivity index (χ2v) is 11.8. The lowest BCUT2D eigenvalue weighted by molar-refractivity contribution is -0.115. The molecule has 1 aliphatic rings. The molecule has 2 aromatic carbocycles. The number of hydrogen-bond donors (Lipinski definition) is 1. The van der Waals surface area contributed by atoms with Gasteiger partial charge in [-0.1, -0.05) is 61.0 Å². The maximum Gasteiger partial charge on any atom is 0.243 e. The number of carbonyl (C=O) groups excluding carboxylic acids is 1. The van der Waals surface area contributed by atoms with Gasteiger partial charge in [-0.2, -0.15) is 5.26 Å². The summed E-state index contributed by atoms with van der Waals surface area (Å²) < 4.78 is 0. The van der Waals surface area contributed by atoms with Gasteiger partial charge in [0.25, 0.3) is 0 Å². The van der Waals surface area contributed by atoms with E-state index >= 15 is 0 Å². The lowest BCUT2D eigenvalue weighted by atomic mass is 9.88. The molecule has 1 amide bonds.